The van der Waals surface area contributed by atoms with Gasteiger partial charge in [0.25, 0.3) is 5.91 Å². The molecule has 26 heavy (non-hydrogen) atoms. The topological polar surface area (TPSA) is 58.6 Å². The molecule has 1 aliphatic heterocycles. The Morgan fingerprint density at radius 1 is 1.23 bits per heavy atom. The Morgan fingerprint density at radius 2 is 1.92 bits per heavy atom. The minimum Gasteiger partial charge on any atom is -0.465 e. The number of rotatable bonds is 4. The fourth-order valence-electron chi connectivity index (χ4n) is 2.51. The van der Waals surface area contributed by atoms with Gasteiger partial charge in [0.15, 0.2) is 5.11 Å². The molecule has 1 N–H and O–H groups in total. The van der Waals surface area contributed by atoms with E-state index in [1.165, 1.54) is 12.0 Å². The van der Waals surface area contributed by atoms with Crippen LogP contribution in [0.15, 0.2) is 54.2 Å². The highest BCUT2D eigenvalue weighted by Gasteiger charge is 2.30. The van der Waals surface area contributed by atoms with Crippen LogP contribution in [-0.4, -0.2) is 29.0 Å². The number of ether oxygens (including phenoxy) is 1. The Hall–Kier alpha value is -2.70. The van der Waals surface area contributed by atoms with Crippen molar-refractivity contribution in [1.29, 1.82) is 0 Å². The molecule has 1 fully saturated rings. The van der Waals surface area contributed by atoms with Crippen LogP contribution in [0.1, 0.15) is 21.5 Å². The van der Waals surface area contributed by atoms with Crippen molar-refractivity contribution in [2.45, 2.75) is 6.54 Å². The van der Waals surface area contributed by atoms with Crippen LogP contribution in [-0.2, 0) is 16.1 Å². The maximum Gasteiger partial charge on any atom is 0.337 e. The molecule has 1 amide bonds. The van der Waals surface area contributed by atoms with Gasteiger partial charge in [-0.2, -0.15) is 0 Å². The van der Waals surface area contributed by atoms with Crippen LogP contribution in [0.3, 0.4) is 0 Å². The van der Waals surface area contributed by atoms with Gasteiger partial charge >= 0.3 is 5.97 Å². The van der Waals surface area contributed by atoms with Crippen LogP contribution in [0.25, 0.3) is 6.08 Å². The van der Waals surface area contributed by atoms with Crippen LogP contribution >= 0.6 is 23.8 Å². The molecule has 0 spiro atoms. The SMILES string of the molecule is COC(=O)c1ccc(C=C2NC(=S)N(Cc3ccccc3Cl)C2=O)cc1. The third-order valence-electron chi connectivity index (χ3n) is 3.89. The van der Waals surface area contributed by atoms with Crippen LogP contribution in [0.2, 0.25) is 5.02 Å². The molecule has 2 aromatic carbocycles. The lowest BCUT2D eigenvalue weighted by Gasteiger charge is -2.14. The predicted molar refractivity (Wildman–Crippen MR) is 103 cm³/mol. The van der Waals surface area contributed by atoms with Gasteiger partial charge in [-0.1, -0.05) is 41.9 Å². The highest BCUT2D eigenvalue weighted by atomic mass is 35.5. The van der Waals surface area contributed by atoms with E-state index >= 15 is 0 Å². The van der Waals surface area contributed by atoms with E-state index in [1.54, 1.807) is 36.4 Å². The van der Waals surface area contributed by atoms with Crippen molar-refractivity contribution >= 4 is 46.9 Å². The van der Waals surface area contributed by atoms with Crippen molar-refractivity contribution < 1.29 is 14.3 Å². The lowest BCUT2D eigenvalue weighted by Crippen LogP contribution is -2.30. The molecule has 1 aliphatic rings. The first-order chi connectivity index (χ1) is 12.5. The number of hydrogen-bond donors (Lipinski definition) is 1. The fourth-order valence-corrected chi connectivity index (χ4v) is 2.97. The first-order valence-corrected chi connectivity index (χ1v) is 8.54. The zero-order valence-electron chi connectivity index (χ0n) is 13.9. The van der Waals surface area contributed by atoms with E-state index in [1.807, 2.05) is 18.2 Å². The number of nitrogens with zero attached hydrogens (tertiary/aromatic N) is 1. The first kappa shape index (κ1) is 18.1. The third kappa shape index (κ3) is 3.76. The minimum absolute atomic E-state index is 0.230. The summed E-state index contributed by atoms with van der Waals surface area (Å²) < 4.78 is 4.67. The summed E-state index contributed by atoms with van der Waals surface area (Å²) >= 11 is 11.4. The van der Waals surface area contributed by atoms with Gasteiger partial charge in [-0.25, -0.2) is 4.79 Å². The Bertz CT molecular complexity index is 909. The molecule has 0 saturated carbocycles. The molecule has 3 rings (SSSR count). The molecule has 132 valence electrons. The van der Waals surface area contributed by atoms with Gasteiger partial charge in [-0.15, -0.1) is 0 Å². The molecule has 0 radical (unpaired) electrons. The summed E-state index contributed by atoms with van der Waals surface area (Å²) in [5.41, 5.74) is 2.38. The number of halogens is 1. The molecule has 0 atom stereocenters. The van der Waals surface area contributed by atoms with Gasteiger partial charge in [0.2, 0.25) is 0 Å². The third-order valence-corrected chi connectivity index (χ3v) is 4.58. The van der Waals surface area contributed by atoms with E-state index in [-0.39, 0.29) is 5.91 Å². The molecule has 5 nitrogen and oxygen atoms in total. The van der Waals surface area contributed by atoms with Gasteiger partial charge in [-0.3, -0.25) is 9.69 Å². The standard InChI is InChI=1S/C19H15ClN2O3S/c1-25-18(24)13-8-6-12(7-9-13)10-16-17(23)22(19(26)21-16)11-14-4-2-3-5-15(14)20/h2-10H,11H2,1H3,(H,21,26). The van der Waals surface area contributed by atoms with Crippen LogP contribution < -0.4 is 5.32 Å². The van der Waals surface area contributed by atoms with Crippen molar-refractivity contribution in [2.75, 3.05) is 7.11 Å². The molecule has 0 aliphatic carbocycles. The molecule has 0 unspecified atom stereocenters. The minimum atomic E-state index is -0.411. The number of esters is 1. The maximum atomic E-state index is 12.6. The highest BCUT2D eigenvalue weighted by Crippen LogP contribution is 2.21. The molecule has 7 heteroatoms. The van der Waals surface area contributed by atoms with E-state index in [2.05, 4.69) is 10.1 Å². The van der Waals surface area contributed by atoms with E-state index in [4.69, 9.17) is 23.8 Å². The summed E-state index contributed by atoms with van der Waals surface area (Å²) in [6.45, 7) is 0.295. The van der Waals surface area contributed by atoms with Gasteiger partial charge in [-0.05, 0) is 47.6 Å². The van der Waals surface area contributed by atoms with Crippen LogP contribution in [0, 0.1) is 0 Å². The summed E-state index contributed by atoms with van der Waals surface area (Å²) in [6, 6.07) is 14.0. The Morgan fingerprint density at radius 3 is 2.58 bits per heavy atom. The second-order valence-corrected chi connectivity index (χ2v) is 6.38. The monoisotopic (exact) mass is 386 g/mol. The number of amides is 1. The van der Waals surface area contributed by atoms with Crippen molar-refractivity contribution in [1.82, 2.24) is 10.2 Å². The summed E-state index contributed by atoms with van der Waals surface area (Å²) in [7, 11) is 1.33. The van der Waals surface area contributed by atoms with Crippen LogP contribution in [0.4, 0.5) is 0 Å². The quantitative estimate of drug-likeness (QED) is 0.496. The zero-order chi connectivity index (χ0) is 18.7. The van der Waals surface area contributed by atoms with E-state index in [0.717, 1.165) is 11.1 Å². The lowest BCUT2D eigenvalue weighted by atomic mass is 10.1. The number of methoxy groups -OCH3 is 1. The number of nitrogens with one attached hydrogen (secondary N) is 1. The largest absolute Gasteiger partial charge is 0.465 e. The van der Waals surface area contributed by atoms with Gasteiger partial charge in [0, 0.05) is 5.02 Å². The van der Waals surface area contributed by atoms with E-state index < -0.39 is 5.97 Å². The van der Waals surface area contributed by atoms with Crippen LogP contribution in [0.5, 0.6) is 0 Å². The molecular formula is C19H15ClN2O3S. The average molecular weight is 387 g/mol. The molecular weight excluding hydrogens is 372 g/mol. The second-order valence-electron chi connectivity index (χ2n) is 5.58. The number of hydrogen-bond acceptors (Lipinski definition) is 4. The van der Waals surface area contributed by atoms with Crippen molar-refractivity contribution in [3.05, 3.63) is 75.9 Å². The second kappa shape index (κ2) is 7.68. The van der Waals surface area contributed by atoms with Gasteiger partial charge in [0.1, 0.15) is 5.70 Å². The van der Waals surface area contributed by atoms with E-state index in [9.17, 15) is 9.59 Å². The zero-order valence-corrected chi connectivity index (χ0v) is 15.4. The summed E-state index contributed by atoms with van der Waals surface area (Å²) in [6.07, 6.45) is 1.68. The summed E-state index contributed by atoms with van der Waals surface area (Å²) in [4.78, 5) is 25.6. The molecule has 0 bridgehead atoms. The Balaban J connectivity index is 1.79. The van der Waals surface area contributed by atoms with Crippen molar-refractivity contribution in [3.63, 3.8) is 0 Å². The fraction of sp³-hybridized carbons (Fsp3) is 0.105. The number of benzene rings is 2. The normalized spacial score (nSPS) is 15.3. The summed E-state index contributed by atoms with van der Waals surface area (Å²) in [5, 5.41) is 3.83. The van der Waals surface area contributed by atoms with Crippen molar-refractivity contribution in [3.8, 4) is 0 Å². The average Bonchev–Trinajstić information content (AvgIpc) is 2.91. The van der Waals surface area contributed by atoms with E-state index in [0.29, 0.717) is 27.9 Å². The first-order valence-electron chi connectivity index (χ1n) is 7.76. The maximum absolute atomic E-state index is 12.6. The summed E-state index contributed by atoms with van der Waals surface area (Å²) in [5.74, 6) is -0.640. The number of carbonyl (C=O) groups is 2. The molecule has 0 aromatic heterocycles. The number of carbonyl (C=O) groups excluding carboxylic acids is 2. The Labute approximate surface area is 161 Å². The predicted octanol–water partition coefficient (Wildman–Crippen LogP) is 3.38. The molecule has 2 aromatic rings. The van der Waals surface area contributed by atoms with Gasteiger partial charge < -0.3 is 10.1 Å². The van der Waals surface area contributed by atoms with Crippen molar-refractivity contribution in [2.24, 2.45) is 0 Å². The molecule has 1 heterocycles. The Kier molecular flexibility index (Phi) is 5.35. The number of thiocarbonyl (C=S) groups is 1. The lowest BCUT2D eigenvalue weighted by molar-refractivity contribution is -0.122. The molecule has 1 saturated heterocycles. The van der Waals surface area contributed by atoms with Gasteiger partial charge in [0.05, 0.1) is 19.2 Å². The smallest absolute Gasteiger partial charge is 0.337 e. The highest BCUT2D eigenvalue weighted by molar-refractivity contribution is 7.80.